The van der Waals surface area contributed by atoms with Gasteiger partial charge in [0.15, 0.2) is 6.10 Å². The predicted octanol–water partition coefficient (Wildman–Crippen LogP) is 20.5. The van der Waals surface area contributed by atoms with Gasteiger partial charge in [0.1, 0.15) is 19.8 Å². The second-order valence-electron chi connectivity index (χ2n) is 23.1. The molecule has 0 aromatic rings. The van der Waals surface area contributed by atoms with Gasteiger partial charge in [-0.1, -0.05) is 272 Å². The Morgan fingerprint density at radius 1 is 0.400 bits per heavy atom. The molecule has 2 atom stereocenters. The summed E-state index contributed by atoms with van der Waals surface area (Å²) in [5, 5.41) is 0. The van der Waals surface area contributed by atoms with Crippen molar-refractivity contribution in [3.05, 3.63) is 97.2 Å². The zero-order valence-electron chi connectivity index (χ0n) is 52.5. The molecule has 0 bridgehead atoms. The first kappa shape index (κ1) is 76.9. The molecule has 0 N–H and O–H groups in total. The third-order valence-corrected chi connectivity index (χ3v) is 15.1. The molecule has 0 aliphatic carbocycles. The van der Waals surface area contributed by atoms with Crippen LogP contribution in [0.25, 0.3) is 0 Å². The van der Waals surface area contributed by atoms with E-state index in [1.165, 1.54) is 161 Å². The van der Waals surface area contributed by atoms with Crippen LogP contribution in [0.4, 0.5) is 0 Å². The van der Waals surface area contributed by atoms with Crippen molar-refractivity contribution in [2.45, 2.75) is 290 Å². The molecular formula is C70H124NO8P. The zero-order chi connectivity index (χ0) is 58.4. The lowest BCUT2D eigenvalue weighted by Crippen LogP contribution is -2.37. The minimum Gasteiger partial charge on any atom is -0.756 e. The number of rotatable bonds is 60. The summed E-state index contributed by atoms with van der Waals surface area (Å²) in [6.07, 6.45) is 83.2. The molecule has 0 saturated heterocycles. The summed E-state index contributed by atoms with van der Waals surface area (Å²) in [6, 6.07) is 0. The molecule has 0 rings (SSSR count). The third-order valence-electron chi connectivity index (χ3n) is 14.1. The first-order valence-corrected chi connectivity index (χ1v) is 34.4. The highest BCUT2D eigenvalue weighted by atomic mass is 31.2. The Balaban J connectivity index is 4.13. The van der Waals surface area contributed by atoms with E-state index < -0.39 is 26.5 Å². The van der Waals surface area contributed by atoms with Gasteiger partial charge in [-0.25, -0.2) is 0 Å². The van der Waals surface area contributed by atoms with Gasteiger partial charge >= 0.3 is 11.9 Å². The Labute approximate surface area is 493 Å². The minimum absolute atomic E-state index is 0.0355. The van der Waals surface area contributed by atoms with Crippen molar-refractivity contribution >= 4 is 19.8 Å². The topological polar surface area (TPSA) is 111 Å². The fourth-order valence-electron chi connectivity index (χ4n) is 9.04. The van der Waals surface area contributed by atoms with Crippen LogP contribution in [0.15, 0.2) is 97.2 Å². The second-order valence-corrected chi connectivity index (χ2v) is 24.5. The maximum absolute atomic E-state index is 12.8. The summed E-state index contributed by atoms with van der Waals surface area (Å²) in [4.78, 5) is 38.0. The number of nitrogens with zero attached hydrogens (tertiary/aromatic N) is 1. The van der Waals surface area contributed by atoms with Crippen molar-refractivity contribution in [2.75, 3.05) is 47.5 Å². The molecule has 0 aliphatic rings. The van der Waals surface area contributed by atoms with Gasteiger partial charge in [0, 0.05) is 12.8 Å². The molecule has 0 amide bonds. The maximum atomic E-state index is 12.8. The summed E-state index contributed by atoms with van der Waals surface area (Å²) in [6.45, 7) is 4.14. The maximum Gasteiger partial charge on any atom is 0.306 e. The first-order chi connectivity index (χ1) is 39.0. The number of phosphoric ester groups is 1. The van der Waals surface area contributed by atoms with Gasteiger partial charge in [-0.15, -0.1) is 0 Å². The van der Waals surface area contributed by atoms with Gasteiger partial charge in [-0.3, -0.25) is 14.2 Å². The average Bonchev–Trinajstić information content (AvgIpc) is 3.42. The summed E-state index contributed by atoms with van der Waals surface area (Å²) in [5.74, 6) is -0.837. The third kappa shape index (κ3) is 64.1. The van der Waals surface area contributed by atoms with Crippen LogP contribution in [0.5, 0.6) is 0 Å². The number of quaternary nitrogens is 1. The number of hydrogen-bond donors (Lipinski definition) is 0. The van der Waals surface area contributed by atoms with Crippen LogP contribution < -0.4 is 4.89 Å². The van der Waals surface area contributed by atoms with Gasteiger partial charge in [-0.05, 0) is 96.3 Å². The van der Waals surface area contributed by atoms with E-state index in [4.69, 9.17) is 18.5 Å². The van der Waals surface area contributed by atoms with Crippen molar-refractivity contribution in [1.82, 2.24) is 0 Å². The minimum atomic E-state index is -4.65. The lowest BCUT2D eigenvalue weighted by atomic mass is 10.0. The van der Waals surface area contributed by atoms with Crippen molar-refractivity contribution in [1.29, 1.82) is 0 Å². The average molecular weight is 1140 g/mol. The highest BCUT2D eigenvalue weighted by molar-refractivity contribution is 7.45. The van der Waals surface area contributed by atoms with E-state index in [0.29, 0.717) is 17.4 Å². The molecular weight excluding hydrogens is 1010 g/mol. The van der Waals surface area contributed by atoms with Gasteiger partial charge < -0.3 is 27.9 Å². The largest absolute Gasteiger partial charge is 0.756 e. The standard InChI is InChI=1S/C70H124NO8P/c1-6-8-10-12-14-16-18-20-22-24-26-28-30-32-33-34-35-36-37-39-41-43-45-47-49-51-53-55-57-59-61-63-70(73)79-68(67-78-80(74,75)77-65-64-71(3,4)5)66-76-69(72)62-60-58-56-54-52-50-48-46-44-42-40-38-31-29-27-25-23-21-19-17-15-13-11-9-7-2/h8,10,14,16,20,22,25-28,32-33,35-36,39,41,68H,6-7,9,11-13,15,17-19,21,23-24,29-31,34,37-38,40,42-67H2,1-5H3/b10-8-,16-14-,22-20-,27-25-,28-26-,33-32-,36-35-,41-39-. The van der Waals surface area contributed by atoms with Crippen molar-refractivity contribution in [3.8, 4) is 0 Å². The van der Waals surface area contributed by atoms with Gasteiger partial charge in [0.2, 0.25) is 0 Å². The number of phosphoric acid groups is 1. The highest BCUT2D eigenvalue weighted by Crippen LogP contribution is 2.38. The molecule has 462 valence electrons. The van der Waals surface area contributed by atoms with E-state index >= 15 is 0 Å². The van der Waals surface area contributed by atoms with Gasteiger partial charge in [-0.2, -0.15) is 0 Å². The lowest BCUT2D eigenvalue weighted by molar-refractivity contribution is -0.870. The number of ether oxygens (including phenoxy) is 2. The van der Waals surface area contributed by atoms with Crippen molar-refractivity contribution in [3.63, 3.8) is 0 Å². The molecule has 0 fully saturated rings. The summed E-state index contributed by atoms with van der Waals surface area (Å²) < 4.78 is 34.3. The quantitative estimate of drug-likeness (QED) is 0.0195. The van der Waals surface area contributed by atoms with Crippen LogP contribution in [0.1, 0.15) is 284 Å². The Bertz CT molecular complexity index is 1670. The van der Waals surface area contributed by atoms with Crippen LogP contribution in [-0.4, -0.2) is 70.0 Å². The first-order valence-electron chi connectivity index (χ1n) is 32.9. The smallest absolute Gasteiger partial charge is 0.306 e. The van der Waals surface area contributed by atoms with E-state index in [2.05, 4.69) is 111 Å². The van der Waals surface area contributed by atoms with E-state index in [0.717, 1.165) is 89.9 Å². The van der Waals surface area contributed by atoms with Crippen LogP contribution in [0.2, 0.25) is 0 Å². The monoisotopic (exact) mass is 1140 g/mol. The van der Waals surface area contributed by atoms with Crippen molar-refractivity contribution < 1.29 is 42.1 Å². The molecule has 2 unspecified atom stereocenters. The van der Waals surface area contributed by atoms with Crippen LogP contribution in [-0.2, 0) is 32.7 Å². The van der Waals surface area contributed by atoms with Gasteiger partial charge in [0.05, 0.1) is 27.7 Å². The molecule has 0 saturated carbocycles. The van der Waals surface area contributed by atoms with E-state index in [-0.39, 0.29) is 32.0 Å². The number of hydrogen-bond acceptors (Lipinski definition) is 8. The Morgan fingerprint density at radius 3 is 1.07 bits per heavy atom. The fraction of sp³-hybridized carbons (Fsp3) is 0.743. The second kappa shape index (κ2) is 60.5. The summed E-state index contributed by atoms with van der Waals surface area (Å²) in [5.41, 5.74) is 0. The molecule has 10 heteroatoms. The number of esters is 2. The Morgan fingerprint density at radius 2 is 0.713 bits per heavy atom. The molecule has 0 spiro atoms. The van der Waals surface area contributed by atoms with Crippen molar-refractivity contribution in [2.24, 2.45) is 0 Å². The molecule has 0 aromatic carbocycles. The summed E-state index contributed by atoms with van der Waals surface area (Å²) >= 11 is 0. The Kier molecular flexibility index (Phi) is 58.2. The highest BCUT2D eigenvalue weighted by Gasteiger charge is 2.22. The number of carbonyl (C=O) groups is 2. The number of carbonyl (C=O) groups excluding carboxylic acids is 2. The number of allylic oxidation sites excluding steroid dienone is 16. The summed E-state index contributed by atoms with van der Waals surface area (Å²) in [7, 11) is 1.16. The van der Waals surface area contributed by atoms with Crippen LogP contribution in [0.3, 0.4) is 0 Å². The molecule has 0 heterocycles. The lowest BCUT2D eigenvalue weighted by Gasteiger charge is -2.28. The molecule has 9 nitrogen and oxygen atoms in total. The van der Waals surface area contributed by atoms with Crippen LogP contribution >= 0.6 is 7.82 Å². The molecule has 80 heavy (non-hydrogen) atoms. The number of likely N-dealkylation sites (N-methyl/N-ethyl adjacent to an activating group) is 1. The van der Waals surface area contributed by atoms with Crippen LogP contribution in [0, 0.1) is 0 Å². The van der Waals surface area contributed by atoms with Gasteiger partial charge in [0.25, 0.3) is 7.82 Å². The number of unbranched alkanes of at least 4 members (excludes halogenated alkanes) is 30. The van der Waals surface area contributed by atoms with E-state index in [1.54, 1.807) is 0 Å². The Hall–Kier alpha value is -3.07. The molecule has 0 aromatic heterocycles. The zero-order valence-corrected chi connectivity index (χ0v) is 53.4. The fourth-order valence-corrected chi connectivity index (χ4v) is 9.77. The SMILES string of the molecule is CC/C=C\C/C=C\C/C=C\C/C=C\C/C=C\C/C=C\C/C=C\CCCCCCCCCCCC(=O)OC(COC(=O)CCCCCCCCCCCCCCC/C=C\CCCCCCCCCC)COP(=O)([O-])OCC[N+](C)(C)C. The van der Waals surface area contributed by atoms with E-state index in [1.807, 2.05) is 21.1 Å². The molecule has 0 aliphatic heterocycles. The molecule has 0 radical (unpaired) electrons. The van der Waals surface area contributed by atoms with E-state index in [9.17, 15) is 19.0 Å². The predicted molar refractivity (Wildman–Crippen MR) is 342 cm³/mol. The normalized spacial score (nSPS) is 13.8.